The van der Waals surface area contributed by atoms with E-state index in [-0.39, 0.29) is 22.3 Å². The molecule has 7 heteroatoms. The molecule has 17 heavy (non-hydrogen) atoms. The third-order valence-corrected chi connectivity index (χ3v) is 3.09. The smallest absolute Gasteiger partial charge is 0.271 e. The van der Waals surface area contributed by atoms with Crippen LogP contribution in [0.1, 0.15) is 5.56 Å². The van der Waals surface area contributed by atoms with Gasteiger partial charge in [0.2, 0.25) is 0 Å². The summed E-state index contributed by atoms with van der Waals surface area (Å²) in [6.07, 6.45) is 0. The molecule has 0 fully saturated rings. The summed E-state index contributed by atoms with van der Waals surface area (Å²) < 4.78 is 0. The highest BCUT2D eigenvalue weighted by Crippen LogP contribution is 2.40. The molecule has 1 aliphatic heterocycles. The summed E-state index contributed by atoms with van der Waals surface area (Å²) in [5.74, 6) is 0. The summed E-state index contributed by atoms with van der Waals surface area (Å²) in [5, 5.41) is 22.9. The maximum atomic E-state index is 10.7. The molecule has 1 aromatic carbocycles. The fraction of sp³-hybridized carbons (Fsp3) is 0.100. The molecular weight excluding hydrogens is 265 g/mol. The van der Waals surface area contributed by atoms with E-state index in [1.807, 2.05) is 6.07 Å². The Balaban J connectivity index is 2.69. The Bertz CT molecular complexity index is 590. The first kappa shape index (κ1) is 11.7. The molecule has 1 N–H and O–H groups in total. The van der Waals surface area contributed by atoms with Crippen molar-refractivity contribution in [3.8, 4) is 6.07 Å². The molecule has 0 radical (unpaired) electrons. The van der Waals surface area contributed by atoms with E-state index in [4.69, 9.17) is 28.5 Å². The predicted octanol–water partition coefficient (Wildman–Crippen LogP) is 3.15. The van der Waals surface area contributed by atoms with Gasteiger partial charge in [-0.1, -0.05) is 23.2 Å². The van der Waals surface area contributed by atoms with Gasteiger partial charge in [0.05, 0.1) is 38.9 Å². The third-order valence-electron chi connectivity index (χ3n) is 2.36. The molecular formula is C10H5Cl2N3O2. The van der Waals surface area contributed by atoms with E-state index >= 15 is 0 Å². The van der Waals surface area contributed by atoms with E-state index in [1.54, 1.807) is 0 Å². The number of anilines is 1. The first-order valence-corrected chi connectivity index (χ1v) is 5.31. The number of fused-ring (bicyclic) bond motifs is 1. The Morgan fingerprint density at radius 3 is 2.76 bits per heavy atom. The van der Waals surface area contributed by atoms with Crippen molar-refractivity contribution in [2.24, 2.45) is 0 Å². The second-order valence-corrected chi connectivity index (χ2v) is 4.15. The number of nitrogens with one attached hydrogen (secondary N) is 1. The largest absolute Gasteiger partial charge is 0.378 e. The van der Waals surface area contributed by atoms with Crippen molar-refractivity contribution in [2.45, 2.75) is 0 Å². The minimum Gasteiger partial charge on any atom is -0.378 e. The van der Waals surface area contributed by atoms with Gasteiger partial charge in [0.1, 0.15) is 0 Å². The highest BCUT2D eigenvalue weighted by Gasteiger charge is 2.23. The van der Waals surface area contributed by atoms with E-state index in [9.17, 15) is 10.1 Å². The lowest BCUT2D eigenvalue weighted by molar-refractivity contribution is -0.384. The number of hydrogen-bond donors (Lipinski definition) is 1. The van der Waals surface area contributed by atoms with Crippen molar-refractivity contribution in [1.29, 1.82) is 5.26 Å². The van der Waals surface area contributed by atoms with Gasteiger partial charge in [-0.2, -0.15) is 5.26 Å². The molecule has 1 heterocycles. The summed E-state index contributed by atoms with van der Waals surface area (Å²) in [7, 11) is 0. The monoisotopic (exact) mass is 269 g/mol. The Morgan fingerprint density at radius 2 is 2.18 bits per heavy atom. The van der Waals surface area contributed by atoms with Crippen LogP contribution in [0.2, 0.25) is 5.02 Å². The van der Waals surface area contributed by atoms with Crippen molar-refractivity contribution in [1.82, 2.24) is 0 Å². The molecule has 1 aliphatic rings. The fourth-order valence-electron chi connectivity index (χ4n) is 1.56. The maximum absolute atomic E-state index is 10.7. The lowest BCUT2D eigenvalue weighted by Gasteiger charge is -2.19. The van der Waals surface area contributed by atoms with Gasteiger partial charge in [0.25, 0.3) is 5.69 Å². The Kier molecular flexibility index (Phi) is 2.92. The van der Waals surface area contributed by atoms with E-state index in [0.717, 1.165) is 0 Å². The van der Waals surface area contributed by atoms with Crippen LogP contribution >= 0.6 is 23.2 Å². The van der Waals surface area contributed by atoms with Gasteiger partial charge in [-0.25, -0.2) is 0 Å². The molecule has 0 bridgehead atoms. The van der Waals surface area contributed by atoms with Crippen molar-refractivity contribution in [2.75, 3.05) is 11.9 Å². The highest BCUT2D eigenvalue weighted by molar-refractivity contribution is 6.51. The summed E-state index contributed by atoms with van der Waals surface area (Å²) in [4.78, 5) is 10.1. The Morgan fingerprint density at radius 1 is 1.47 bits per heavy atom. The molecule has 5 nitrogen and oxygen atoms in total. The van der Waals surface area contributed by atoms with Gasteiger partial charge in [-0.15, -0.1) is 0 Å². The van der Waals surface area contributed by atoms with Crippen molar-refractivity contribution in [3.05, 3.63) is 38.4 Å². The van der Waals surface area contributed by atoms with Crippen LogP contribution < -0.4 is 5.32 Å². The van der Waals surface area contributed by atoms with Crippen molar-refractivity contribution < 1.29 is 4.92 Å². The van der Waals surface area contributed by atoms with Crippen LogP contribution in [0.5, 0.6) is 0 Å². The molecule has 2 rings (SSSR count). The van der Waals surface area contributed by atoms with Gasteiger partial charge >= 0.3 is 0 Å². The second kappa shape index (κ2) is 4.24. The minimum atomic E-state index is -0.559. The lowest BCUT2D eigenvalue weighted by atomic mass is 10.0. The standard InChI is InChI=1S/C10H5Cl2N3O2/c11-8-2-6(15(16)17)1-7-9(12)5(3-13)4-14-10(7)8/h1-2,14H,4H2. The number of hydrogen-bond acceptors (Lipinski definition) is 4. The van der Waals surface area contributed by atoms with Crippen LogP contribution in [0, 0.1) is 21.4 Å². The normalized spacial score (nSPS) is 13.7. The fourth-order valence-corrected chi connectivity index (χ4v) is 2.09. The number of nitrogens with zero attached hydrogens (tertiary/aromatic N) is 2. The number of halogens is 2. The van der Waals surface area contributed by atoms with Crippen LogP contribution in [-0.2, 0) is 0 Å². The number of nitro groups is 1. The number of non-ortho nitro benzene ring substituents is 1. The SMILES string of the molecule is N#CC1=C(Cl)c2cc([N+](=O)[O-])cc(Cl)c2NC1. The van der Waals surface area contributed by atoms with Crippen LogP contribution in [0.25, 0.3) is 5.03 Å². The first-order chi connectivity index (χ1) is 8.04. The van der Waals surface area contributed by atoms with Crippen LogP contribution in [0.3, 0.4) is 0 Å². The Labute approximate surface area is 106 Å². The zero-order chi connectivity index (χ0) is 12.6. The topological polar surface area (TPSA) is 79.0 Å². The van der Waals surface area contributed by atoms with E-state index in [1.165, 1.54) is 12.1 Å². The molecule has 0 saturated heterocycles. The van der Waals surface area contributed by atoms with Crippen molar-refractivity contribution >= 4 is 39.6 Å². The van der Waals surface area contributed by atoms with Gasteiger partial charge in [0.15, 0.2) is 0 Å². The summed E-state index contributed by atoms with van der Waals surface area (Å²) in [5.41, 5.74) is 1.07. The average Bonchev–Trinajstić information content (AvgIpc) is 2.30. The quantitative estimate of drug-likeness (QED) is 0.628. The molecule has 0 aliphatic carbocycles. The molecule has 0 unspecified atom stereocenters. The second-order valence-electron chi connectivity index (χ2n) is 3.37. The number of rotatable bonds is 1. The van der Waals surface area contributed by atoms with Gasteiger partial charge in [-0.3, -0.25) is 10.1 Å². The van der Waals surface area contributed by atoms with Crippen LogP contribution in [0.15, 0.2) is 17.7 Å². The molecule has 0 spiro atoms. The van der Waals surface area contributed by atoms with Gasteiger partial charge < -0.3 is 5.32 Å². The minimum absolute atomic E-state index is 0.159. The summed E-state index contributed by atoms with van der Waals surface area (Å²) in [6, 6.07) is 4.48. The number of nitro benzene ring substituents is 1. The third kappa shape index (κ3) is 1.93. The van der Waals surface area contributed by atoms with Crippen molar-refractivity contribution in [3.63, 3.8) is 0 Å². The molecule has 0 atom stereocenters. The number of nitriles is 1. The van der Waals surface area contributed by atoms with Gasteiger partial charge in [0, 0.05) is 17.7 Å². The zero-order valence-electron chi connectivity index (χ0n) is 8.33. The molecule has 0 amide bonds. The summed E-state index contributed by atoms with van der Waals surface area (Å²) in [6.45, 7) is 0.264. The van der Waals surface area contributed by atoms with Crippen LogP contribution in [-0.4, -0.2) is 11.5 Å². The summed E-state index contributed by atoms with van der Waals surface area (Å²) >= 11 is 11.9. The number of benzene rings is 1. The molecule has 86 valence electrons. The average molecular weight is 270 g/mol. The maximum Gasteiger partial charge on any atom is 0.271 e. The predicted molar refractivity (Wildman–Crippen MR) is 65.0 cm³/mol. The van der Waals surface area contributed by atoms with E-state index in [0.29, 0.717) is 16.8 Å². The van der Waals surface area contributed by atoms with Crippen LogP contribution in [0.4, 0.5) is 11.4 Å². The van der Waals surface area contributed by atoms with Gasteiger partial charge in [-0.05, 0) is 0 Å². The first-order valence-electron chi connectivity index (χ1n) is 4.55. The van der Waals surface area contributed by atoms with E-state index in [2.05, 4.69) is 5.32 Å². The van der Waals surface area contributed by atoms with E-state index < -0.39 is 4.92 Å². The zero-order valence-corrected chi connectivity index (χ0v) is 9.84. The highest BCUT2D eigenvalue weighted by atomic mass is 35.5. The molecule has 0 saturated carbocycles. The molecule has 0 aromatic heterocycles. The lowest BCUT2D eigenvalue weighted by Crippen LogP contribution is -2.12. The Hall–Kier alpha value is -1.77. The molecule has 1 aromatic rings.